The number of halogens is 6. The minimum absolute atomic E-state index is 0.109. The van der Waals surface area contributed by atoms with Crippen LogP contribution in [0.3, 0.4) is 0 Å². The van der Waals surface area contributed by atoms with Crippen LogP contribution in [0.4, 0.5) is 17.6 Å². The zero-order valence-electron chi connectivity index (χ0n) is 12.6. The summed E-state index contributed by atoms with van der Waals surface area (Å²) in [5, 5.41) is 1.74. The van der Waals surface area contributed by atoms with E-state index in [1.165, 1.54) is 7.05 Å². The molecular weight excluding hydrogens is 391 g/mol. The Balaban J connectivity index is 2.55. The maximum Gasteiger partial charge on any atom is 0.391 e. The lowest BCUT2D eigenvalue weighted by atomic mass is 9.86. The smallest absolute Gasteiger partial charge is 0.366 e. The van der Waals surface area contributed by atoms with Gasteiger partial charge in [0.1, 0.15) is 17.5 Å². The average molecular weight is 403 g/mol. The van der Waals surface area contributed by atoms with Crippen molar-refractivity contribution < 1.29 is 27.1 Å². The van der Waals surface area contributed by atoms with Crippen LogP contribution in [-0.4, -0.2) is 38.8 Å². The number of hydrogen-bond donors (Lipinski definition) is 1. The predicted octanol–water partition coefficient (Wildman–Crippen LogP) is 2.43. The molecule has 2 atom stereocenters. The molecule has 1 heterocycles. The summed E-state index contributed by atoms with van der Waals surface area (Å²) in [6.45, 7) is -0.864. The fourth-order valence-electron chi connectivity index (χ4n) is 2.37. The molecule has 0 aromatic carbocycles. The Morgan fingerprint density at radius 3 is 2.64 bits per heavy atom. The van der Waals surface area contributed by atoms with E-state index in [9.17, 15) is 22.4 Å². The summed E-state index contributed by atoms with van der Waals surface area (Å²) in [4.78, 5) is 15.4. The standard InChI is InChI=1S/C13H12Cl2F4N4O2/c1-23-11(21-5-22-23)13(25-3-2-12(17,18)19)7(14)4-6(16)8(9(13)15)10(20)24/h4-5,9H,2-3H2,1H3,(H2,20,24). The molecule has 138 valence electrons. The quantitative estimate of drug-likeness (QED) is 0.605. The molecule has 1 aliphatic carbocycles. The Morgan fingerprint density at radius 1 is 1.52 bits per heavy atom. The third kappa shape index (κ3) is 3.65. The number of ether oxygens (including phenoxy) is 1. The summed E-state index contributed by atoms with van der Waals surface area (Å²) in [7, 11) is 1.41. The van der Waals surface area contributed by atoms with Crippen LogP contribution < -0.4 is 5.73 Å². The van der Waals surface area contributed by atoms with Crippen molar-refractivity contribution in [2.45, 2.75) is 23.6 Å². The summed E-state index contributed by atoms with van der Waals surface area (Å²) in [6, 6.07) is 0. The second kappa shape index (κ2) is 6.93. The van der Waals surface area contributed by atoms with E-state index in [4.69, 9.17) is 33.7 Å². The molecule has 2 unspecified atom stereocenters. The zero-order chi connectivity index (χ0) is 19.0. The molecule has 2 rings (SSSR count). The van der Waals surface area contributed by atoms with Gasteiger partial charge in [-0.3, -0.25) is 9.48 Å². The Bertz CT molecular complexity index is 747. The molecular formula is C13H12Cl2F4N4O2. The lowest BCUT2D eigenvalue weighted by Crippen LogP contribution is -2.47. The van der Waals surface area contributed by atoms with Crippen molar-refractivity contribution in [1.29, 1.82) is 0 Å². The monoisotopic (exact) mass is 402 g/mol. The lowest BCUT2D eigenvalue weighted by molar-refractivity contribution is -0.156. The van der Waals surface area contributed by atoms with E-state index in [1.807, 2.05) is 0 Å². The van der Waals surface area contributed by atoms with Crippen LogP contribution in [0.5, 0.6) is 0 Å². The molecule has 0 fully saturated rings. The van der Waals surface area contributed by atoms with Gasteiger partial charge in [-0.15, -0.1) is 11.6 Å². The normalized spacial score (nSPS) is 24.4. The van der Waals surface area contributed by atoms with Crippen molar-refractivity contribution in [3.8, 4) is 0 Å². The Kier molecular flexibility index (Phi) is 5.45. The van der Waals surface area contributed by atoms with E-state index in [1.54, 1.807) is 0 Å². The number of carbonyl (C=O) groups is 1. The lowest BCUT2D eigenvalue weighted by Gasteiger charge is -2.38. The fraction of sp³-hybridized carbons (Fsp3) is 0.462. The summed E-state index contributed by atoms with van der Waals surface area (Å²) < 4.78 is 58.0. The minimum Gasteiger partial charge on any atom is -0.366 e. The van der Waals surface area contributed by atoms with Crippen LogP contribution in [0.2, 0.25) is 0 Å². The third-order valence-corrected chi connectivity index (χ3v) is 4.42. The molecule has 0 aliphatic heterocycles. The van der Waals surface area contributed by atoms with Gasteiger partial charge >= 0.3 is 6.18 Å². The molecule has 0 spiro atoms. The van der Waals surface area contributed by atoms with E-state index in [0.717, 1.165) is 11.0 Å². The summed E-state index contributed by atoms with van der Waals surface area (Å²) in [6.07, 6.45) is -4.04. The van der Waals surface area contributed by atoms with Gasteiger partial charge in [0.15, 0.2) is 11.4 Å². The number of nitrogens with two attached hydrogens (primary N) is 1. The third-order valence-electron chi connectivity index (χ3n) is 3.50. The molecule has 6 nitrogen and oxygen atoms in total. The first kappa shape index (κ1) is 19.7. The number of nitrogens with zero attached hydrogens (tertiary/aromatic N) is 3. The Morgan fingerprint density at radius 2 is 2.16 bits per heavy atom. The molecule has 1 aromatic rings. The van der Waals surface area contributed by atoms with Crippen LogP contribution in [0.1, 0.15) is 12.2 Å². The van der Waals surface area contributed by atoms with Gasteiger partial charge in [-0.05, 0) is 6.08 Å². The van der Waals surface area contributed by atoms with E-state index in [2.05, 4.69) is 10.1 Å². The van der Waals surface area contributed by atoms with Crippen molar-refractivity contribution in [3.63, 3.8) is 0 Å². The van der Waals surface area contributed by atoms with Crippen LogP contribution in [0.25, 0.3) is 0 Å². The maximum absolute atomic E-state index is 14.1. The van der Waals surface area contributed by atoms with Crippen molar-refractivity contribution in [3.05, 3.63) is 34.7 Å². The van der Waals surface area contributed by atoms with Gasteiger partial charge < -0.3 is 10.5 Å². The van der Waals surface area contributed by atoms with Crippen molar-refractivity contribution in [2.24, 2.45) is 12.8 Å². The highest BCUT2D eigenvalue weighted by molar-refractivity contribution is 6.34. The highest BCUT2D eigenvalue weighted by Crippen LogP contribution is 2.48. The Labute approximate surface area is 149 Å². The molecule has 2 N–H and O–H groups in total. The molecule has 0 bridgehead atoms. The van der Waals surface area contributed by atoms with Crippen LogP contribution in [0.15, 0.2) is 28.8 Å². The fourth-order valence-corrected chi connectivity index (χ4v) is 3.26. The summed E-state index contributed by atoms with van der Waals surface area (Å²) in [5.41, 5.74) is 2.40. The van der Waals surface area contributed by atoms with Gasteiger partial charge in [0.25, 0.3) is 0 Å². The second-order valence-corrected chi connectivity index (χ2v) is 5.98. The molecule has 1 aliphatic rings. The second-order valence-electron chi connectivity index (χ2n) is 5.14. The highest BCUT2D eigenvalue weighted by Gasteiger charge is 2.53. The maximum atomic E-state index is 14.1. The van der Waals surface area contributed by atoms with Gasteiger partial charge in [0.2, 0.25) is 5.91 Å². The predicted molar refractivity (Wildman–Crippen MR) is 80.2 cm³/mol. The molecule has 0 saturated carbocycles. The van der Waals surface area contributed by atoms with Gasteiger partial charge in [-0.2, -0.15) is 18.3 Å². The highest BCUT2D eigenvalue weighted by atomic mass is 35.5. The number of carbonyl (C=O) groups excluding carboxylic acids is 1. The number of allylic oxidation sites excluding steroid dienone is 2. The van der Waals surface area contributed by atoms with Gasteiger partial charge in [-0.1, -0.05) is 11.6 Å². The first-order valence-corrected chi connectivity index (χ1v) is 7.58. The molecule has 25 heavy (non-hydrogen) atoms. The topological polar surface area (TPSA) is 83.0 Å². The number of primary amides is 1. The van der Waals surface area contributed by atoms with Gasteiger partial charge in [0.05, 0.1) is 23.6 Å². The van der Waals surface area contributed by atoms with E-state index in [0.29, 0.717) is 6.08 Å². The van der Waals surface area contributed by atoms with Gasteiger partial charge in [-0.25, -0.2) is 9.37 Å². The van der Waals surface area contributed by atoms with Crippen LogP contribution in [0, 0.1) is 0 Å². The van der Waals surface area contributed by atoms with Crippen LogP contribution >= 0.6 is 23.2 Å². The molecule has 0 saturated heterocycles. The van der Waals surface area contributed by atoms with Crippen molar-refractivity contribution in [2.75, 3.05) is 6.61 Å². The van der Waals surface area contributed by atoms with Crippen LogP contribution in [-0.2, 0) is 22.2 Å². The number of amides is 1. The summed E-state index contributed by atoms with van der Waals surface area (Å²) in [5.74, 6) is -2.42. The number of aryl methyl sites for hydroxylation is 1. The first-order chi connectivity index (χ1) is 11.5. The zero-order valence-corrected chi connectivity index (χ0v) is 14.2. The summed E-state index contributed by atoms with van der Waals surface area (Å²) >= 11 is 12.3. The largest absolute Gasteiger partial charge is 0.391 e. The Hall–Kier alpha value is -1.65. The number of alkyl halides is 4. The molecule has 1 amide bonds. The average Bonchev–Trinajstić information content (AvgIpc) is 2.87. The van der Waals surface area contributed by atoms with E-state index < -0.39 is 52.5 Å². The first-order valence-electron chi connectivity index (χ1n) is 6.77. The van der Waals surface area contributed by atoms with E-state index >= 15 is 0 Å². The number of rotatable bonds is 5. The van der Waals surface area contributed by atoms with Crippen molar-refractivity contribution >= 4 is 29.1 Å². The van der Waals surface area contributed by atoms with Crippen molar-refractivity contribution in [1.82, 2.24) is 14.8 Å². The number of hydrogen-bond acceptors (Lipinski definition) is 4. The molecule has 1 aromatic heterocycles. The number of aromatic nitrogens is 3. The SMILES string of the molecule is Cn1ncnc1C1(OCCC(F)(F)F)C(Cl)=CC(F)=C(C(N)=O)C1Cl. The molecule has 0 radical (unpaired) electrons. The molecule has 12 heteroatoms. The van der Waals surface area contributed by atoms with E-state index in [-0.39, 0.29) is 5.82 Å². The minimum atomic E-state index is -4.51. The van der Waals surface area contributed by atoms with Gasteiger partial charge in [0, 0.05) is 7.05 Å².